The van der Waals surface area contributed by atoms with E-state index in [2.05, 4.69) is 16.7 Å². The van der Waals surface area contributed by atoms with Crippen molar-refractivity contribution in [3.05, 3.63) is 69.5 Å². The summed E-state index contributed by atoms with van der Waals surface area (Å²) in [6.45, 7) is 9.77. The molecule has 200 valence electrons. The number of rotatable bonds is 7. The van der Waals surface area contributed by atoms with Gasteiger partial charge >= 0.3 is 6.09 Å². The zero-order valence-electron chi connectivity index (χ0n) is 21.7. The van der Waals surface area contributed by atoms with E-state index in [1.807, 2.05) is 20.8 Å². The summed E-state index contributed by atoms with van der Waals surface area (Å²) in [7, 11) is 0. The molecule has 4 atom stereocenters. The molecule has 1 aliphatic heterocycles. The van der Waals surface area contributed by atoms with Crippen molar-refractivity contribution < 1.29 is 19.0 Å². The minimum atomic E-state index is -1.32. The van der Waals surface area contributed by atoms with Crippen LogP contribution in [0, 0.1) is 28.0 Å². The lowest BCUT2D eigenvalue weighted by Crippen LogP contribution is -2.44. The zero-order valence-corrected chi connectivity index (χ0v) is 23.3. The molecule has 1 fully saturated rings. The molecule has 1 amide bonds. The van der Waals surface area contributed by atoms with Gasteiger partial charge in [-0.3, -0.25) is 5.32 Å². The molecule has 0 spiro atoms. The Kier molecular flexibility index (Phi) is 8.81. The first-order valence-corrected chi connectivity index (χ1v) is 12.9. The highest BCUT2D eigenvalue weighted by Crippen LogP contribution is 2.52. The predicted molar refractivity (Wildman–Crippen MR) is 143 cm³/mol. The van der Waals surface area contributed by atoms with Gasteiger partial charge < -0.3 is 15.2 Å². The minimum Gasteiger partial charge on any atom is -0.430 e. The van der Waals surface area contributed by atoms with E-state index >= 15 is 4.39 Å². The molecular formula is C28H34Cl2FN3O3. The molecule has 1 aliphatic rings. The lowest BCUT2D eigenvalue weighted by atomic mass is 9.64. The van der Waals surface area contributed by atoms with Crippen LogP contribution in [0.2, 0.25) is 10.0 Å². The van der Waals surface area contributed by atoms with E-state index in [1.54, 1.807) is 50.2 Å². The second kappa shape index (κ2) is 11.2. The van der Waals surface area contributed by atoms with Crippen LogP contribution in [-0.4, -0.2) is 36.6 Å². The summed E-state index contributed by atoms with van der Waals surface area (Å²) >= 11 is 12.3. The third-order valence-electron chi connectivity index (χ3n) is 6.72. The summed E-state index contributed by atoms with van der Waals surface area (Å²) in [5.74, 6) is -1.60. The number of hydrogen-bond acceptors (Lipinski definition) is 5. The second-order valence-electron chi connectivity index (χ2n) is 11.6. The highest BCUT2D eigenvalue weighted by atomic mass is 35.5. The Balaban J connectivity index is 2.16. The van der Waals surface area contributed by atoms with E-state index < -0.39 is 40.9 Å². The van der Waals surface area contributed by atoms with Crippen LogP contribution >= 0.6 is 23.2 Å². The minimum absolute atomic E-state index is 0.0902. The Hall–Kier alpha value is -2.37. The summed E-state index contributed by atoms with van der Waals surface area (Å²) in [5, 5.41) is 26.8. The number of carbonyl (C=O) groups excluding carboxylic acids is 1. The maximum atomic E-state index is 15.6. The molecule has 3 N–H and O–H groups in total. The number of alkyl carbamates (subject to hydrolysis) is 1. The van der Waals surface area contributed by atoms with E-state index in [1.165, 1.54) is 6.07 Å². The molecular weight excluding hydrogens is 516 g/mol. The molecule has 0 saturated carbocycles. The standard InChI is InChI=1S/C28H34Cl2FN3O3/c1-26(2,3)13-21-28(14-32,17-9-11-18(29)12-10-17)22(19-7-6-8-20(30)23(19)31)24(34-21)37-25(36)33-15-27(4,5)16-35/h6-12,21-22,24,34-35H,13,15-16H2,1-5H3,(H,33,36)/t21-,22-,24+,28-/m0/s1. The molecule has 1 heterocycles. The van der Waals surface area contributed by atoms with Crippen molar-refractivity contribution in [2.24, 2.45) is 10.8 Å². The van der Waals surface area contributed by atoms with Crippen molar-refractivity contribution in [3.8, 4) is 6.07 Å². The van der Waals surface area contributed by atoms with Gasteiger partial charge in [0.05, 0.1) is 17.0 Å². The molecule has 9 heteroatoms. The molecule has 2 aromatic carbocycles. The highest BCUT2D eigenvalue weighted by Gasteiger charge is 2.60. The highest BCUT2D eigenvalue weighted by molar-refractivity contribution is 6.31. The van der Waals surface area contributed by atoms with Gasteiger partial charge in [-0.15, -0.1) is 0 Å². The Labute approximate surface area is 228 Å². The third-order valence-corrected chi connectivity index (χ3v) is 7.27. The molecule has 6 nitrogen and oxygen atoms in total. The van der Waals surface area contributed by atoms with Gasteiger partial charge in [-0.1, -0.05) is 82.1 Å². The van der Waals surface area contributed by atoms with Crippen molar-refractivity contribution in [2.45, 2.75) is 64.6 Å². The Morgan fingerprint density at radius 2 is 1.84 bits per heavy atom. The molecule has 0 aromatic heterocycles. The molecule has 2 aromatic rings. The smallest absolute Gasteiger partial charge is 0.408 e. The maximum absolute atomic E-state index is 15.6. The van der Waals surface area contributed by atoms with Gasteiger partial charge in [-0.25, -0.2) is 9.18 Å². The van der Waals surface area contributed by atoms with Gasteiger partial charge in [-0.05, 0) is 41.2 Å². The molecule has 3 rings (SSSR count). The third kappa shape index (κ3) is 6.38. The lowest BCUT2D eigenvalue weighted by Gasteiger charge is -2.37. The molecule has 0 radical (unpaired) electrons. The fourth-order valence-corrected chi connectivity index (χ4v) is 5.14. The Morgan fingerprint density at radius 1 is 1.19 bits per heavy atom. The van der Waals surface area contributed by atoms with Crippen LogP contribution in [0.5, 0.6) is 0 Å². The fourth-order valence-electron chi connectivity index (χ4n) is 4.83. The van der Waals surface area contributed by atoms with Gasteiger partial charge in [0.15, 0.2) is 6.23 Å². The fraction of sp³-hybridized carbons (Fsp3) is 0.500. The Morgan fingerprint density at radius 3 is 2.41 bits per heavy atom. The summed E-state index contributed by atoms with van der Waals surface area (Å²) in [4.78, 5) is 12.9. The van der Waals surface area contributed by atoms with Crippen molar-refractivity contribution in [2.75, 3.05) is 13.2 Å². The summed E-state index contributed by atoms with van der Waals surface area (Å²) < 4.78 is 21.4. The monoisotopic (exact) mass is 549 g/mol. The van der Waals surface area contributed by atoms with Crippen LogP contribution in [0.25, 0.3) is 0 Å². The summed E-state index contributed by atoms with van der Waals surface area (Å²) in [6, 6.07) is 13.5. The first-order valence-electron chi connectivity index (χ1n) is 12.2. The van der Waals surface area contributed by atoms with Gasteiger partial charge in [0.1, 0.15) is 11.2 Å². The maximum Gasteiger partial charge on any atom is 0.408 e. The second-order valence-corrected chi connectivity index (χ2v) is 12.4. The number of halogens is 3. The van der Waals surface area contributed by atoms with Gasteiger partial charge in [-0.2, -0.15) is 5.26 Å². The van der Waals surface area contributed by atoms with Crippen molar-refractivity contribution in [1.82, 2.24) is 10.6 Å². The van der Waals surface area contributed by atoms with E-state index in [0.717, 1.165) is 0 Å². The van der Waals surface area contributed by atoms with E-state index in [0.29, 0.717) is 17.0 Å². The zero-order chi connectivity index (χ0) is 27.6. The topological polar surface area (TPSA) is 94.4 Å². The van der Waals surface area contributed by atoms with Crippen LogP contribution in [0.15, 0.2) is 42.5 Å². The van der Waals surface area contributed by atoms with Gasteiger partial charge in [0, 0.05) is 29.6 Å². The van der Waals surface area contributed by atoms with Crippen molar-refractivity contribution in [1.29, 1.82) is 5.26 Å². The van der Waals surface area contributed by atoms with Gasteiger partial charge in [0.25, 0.3) is 0 Å². The predicted octanol–water partition coefficient (Wildman–Crippen LogP) is 6.16. The number of nitriles is 1. The lowest BCUT2D eigenvalue weighted by molar-refractivity contribution is 0.0688. The number of aliphatic hydroxyl groups is 1. The number of carbonyl (C=O) groups is 1. The van der Waals surface area contributed by atoms with E-state index in [-0.39, 0.29) is 29.2 Å². The summed E-state index contributed by atoms with van der Waals surface area (Å²) in [5.41, 5.74) is -1.31. The molecule has 0 aliphatic carbocycles. The van der Waals surface area contributed by atoms with Crippen LogP contribution in [0.1, 0.15) is 58.1 Å². The van der Waals surface area contributed by atoms with Crippen molar-refractivity contribution >= 4 is 29.3 Å². The number of nitrogens with zero attached hydrogens (tertiary/aromatic N) is 1. The SMILES string of the molecule is CC(C)(C)C[C@@H]1N[C@H](OC(=O)NCC(C)(C)CO)[C@H](c2cccc(Cl)c2F)[C@@]1(C#N)c1ccc(Cl)cc1. The number of benzene rings is 2. The number of nitrogens with one attached hydrogen (secondary N) is 2. The molecule has 37 heavy (non-hydrogen) atoms. The number of aliphatic hydroxyl groups excluding tert-OH is 1. The Bertz CT molecular complexity index is 1160. The van der Waals surface area contributed by atoms with Crippen LogP contribution in [0.4, 0.5) is 9.18 Å². The average molecular weight is 551 g/mol. The van der Waals surface area contributed by atoms with E-state index in [4.69, 9.17) is 27.9 Å². The quantitative estimate of drug-likeness (QED) is 0.384. The number of hydrogen-bond donors (Lipinski definition) is 3. The molecule has 0 unspecified atom stereocenters. The first kappa shape index (κ1) is 29.2. The van der Waals surface area contributed by atoms with Gasteiger partial charge in [0.2, 0.25) is 0 Å². The van der Waals surface area contributed by atoms with Crippen molar-refractivity contribution in [3.63, 3.8) is 0 Å². The number of ether oxygens (including phenoxy) is 1. The first-order chi connectivity index (χ1) is 17.2. The number of amides is 1. The summed E-state index contributed by atoms with van der Waals surface area (Å²) in [6.07, 6.45) is -1.26. The molecule has 1 saturated heterocycles. The van der Waals surface area contributed by atoms with Crippen LogP contribution in [0.3, 0.4) is 0 Å². The molecule has 0 bridgehead atoms. The van der Waals surface area contributed by atoms with E-state index in [9.17, 15) is 15.2 Å². The largest absolute Gasteiger partial charge is 0.430 e. The van der Waals surface area contributed by atoms with Crippen LogP contribution < -0.4 is 10.6 Å². The average Bonchev–Trinajstić information content (AvgIpc) is 3.11. The van der Waals surface area contributed by atoms with Crippen LogP contribution in [-0.2, 0) is 10.2 Å². The normalized spacial score (nSPS) is 23.9.